The Morgan fingerprint density at radius 3 is 2.27 bits per heavy atom. The first-order chi connectivity index (χ1) is 9.97. The molecule has 22 heavy (non-hydrogen) atoms. The molecule has 1 atom stereocenters. The van der Waals surface area contributed by atoms with Gasteiger partial charge in [-0.2, -0.15) is 0 Å². The highest BCUT2D eigenvalue weighted by Crippen LogP contribution is 2.21. The summed E-state index contributed by atoms with van der Waals surface area (Å²) in [6.45, 7) is 3.49. The zero-order valence-electron chi connectivity index (χ0n) is 12.9. The SMILES string of the molecule is CC(C)C(=O)OCC(NC1Cc2ccccc2C1)C(N)=O.Cl. The topological polar surface area (TPSA) is 81.4 Å². The highest BCUT2D eigenvalue weighted by Gasteiger charge is 2.26. The maximum absolute atomic E-state index is 11.5. The molecule has 1 aliphatic carbocycles. The standard InChI is InChI=1S/C16H22N2O3.ClH/c1-10(2)16(20)21-9-14(15(17)19)18-13-7-11-5-3-4-6-12(11)8-13;/h3-6,10,13-14,18H,7-9H2,1-2H3,(H2,17,19);1H. The Hall–Kier alpha value is -1.59. The second kappa shape index (κ2) is 8.15. The van der Waals surface area contributed by atoms with Crippen LogP contribution in [0.1, 0.15) is 25.0 Å². The number of nitrogens with two attached hydrogens (primary N) is 1. The molecule has 0 saturated carbocycles. The molecule has 122 valence electrons. The molecule has 0 saturated heterocycles. The van der Waals surface area contributed by atoms with Crippen LogP contribution in [-0.4, -0.2) is 30.6 Å². The van der Waals surface area contributed by atoms with E-state index in [4.69, 9.17) is 10.5 Å². The quantitative estimate of drug-likeness (QED) is 0.770. The van der Waals surface area contributed by atoms with Crippen LogP contribution in [0.4, 0.5) is 0 Å². The molecule has 1 amide bonds. The summed E-state index contributed by atoms with van der Waals surface area (Å²) in [6.07, 6.45) is 1.72. The van der Waals surface area contributed by atoms with E-state index in [1.54, 1.807) is 13.8 Å². The second-order valence-electron chi connectivity index (χ2n) is 5.78. The predicted molar refractivity (Wildman–Crippen MR) is 86.8 cm³/mol. The van der Waals surface area contributed by atoms with Gasteiger partial charge in [0.1, 0.15) is 12.6 Å². The minimum Gasteiger partial charge on any atom is -0.463 e. The molecule has 2 rings (SSSR count). The maximum Gasteiger partial charge on any atom is 0.308 e. The normalized spacial score (nSPS) is 15.0. The number of esters is 1. The maximum atomic E-state index is 11.5. The largest absolute Gasteiger partial charge is 0.463 e. The van der Waals surface area contributed by atoms with Crippen molar-refractivity contribution in [3.63, 3.8) is 0 Å². The van der Waals surface area contributed by atoms with Crippen molar-refractivity contribution in [1.29, 1.82) is 0 Å². The number of hydrogen-bond acceptors (Lipinski definition) is 4. The molecule has 0 bridgehead atoms. The first kappa shape index (κ1) is 18.5. The van der Waals surface area contributed by atoms with Crippen LogP contribution >= 0.6 is 12.4 Å². The van der Waals surface area contributed by atoms with Crippen LogP contribution in [0.5, 0.6) is 0 Å². The van der Waals surface area contributed by atoms with E-state index in [0.717, 1.165) is 12.8 Å². The summed E-state index contributed by atoms with van der Waals surface area (Å²) in [4.78, 5) is 23.0. The van der Waals surface area contributed by atoms with Gasteiger partial charge in [-0.3, -0.25) is 14.9 Å². The summed E-state index contributed by atoms with van der Waals surface area (Å²) in [5.74, 6) is -1.03. The van der Waals surface area contributed by atoms with Crippen LogP contribution in [0, 0.1) is 5.92 Å². The Bertz CT molecular complexity index is 509. The Kier molecular flexibility index (Phi) is 6.84. The number of carbonyl (C=O) groups is 2. The highest BCUT2D eigenvalue weighted by atomic mass is 35.5. The van der Waals surface area contributed by atoms with E-state index in [-0.39, 0.29) is 36.9 Å². The molecule has 1 aromatic rings. The zero-order chi connectivity index (χ0) is 15.4. The molecule has 6 heteroatoms. The monoisotopic (exact) mass is 326 g/mol. The van der Waals surface area contributed by atoms with Gasteiger partial charge in [0.15, 0.2) is 0 Å². The summed E-state index contributed by atoms with van der Waals surface area (Å²) in [7, 11) is 0. The van der Waals surface area contributed by atoms with Gasteiger partial charge in [0.25, 0.3) is 0 Å². The molecule has 1 aliphatic rings. The molecule has 0 heterocycles. The Balaban J connectivity index is 0.00000242. The number of rotatable bonds is 6. The molecule has 5 nitrogen and oxygen atoms in total. The molecule has 1 aromatic carbocycles. The first-order valence-corrected chi connectivity index (χ1v) is 7.26. The number of ether oxygens (including phenoxy) is 1. The van der Waals surface area contributed by atoms with E-state index < -0.39 is 11.9 Å². The number of amides is 1. The molecule has 0 aromatic heterocycles. The fraction of sp³-hybridized carbons (Fsp3) is 0.500. The molecule has 3 N–H and O–H groups in total. The van der Waals surface area contributed by atoms with E-state index >= 15 is 0 Å². The van der Waals surface area contributed by atoms with Crippen LogP contribution in [0.2, 0.25) is 0 Å². The third-order valence-electron chi connectivity index (χ3n) is 3.70. The lowest BCUT2D eigenvalue weighted by atomic mass is 10.1. The van der Waals surface area contributed by atoms with Gasteiger partial charge in [-0.15, -0.1) is 12.4 Å². The minimum atomic E-state index is -0.646. The molecule has 0 fully saturated rings. The lowest BCUT2D eigenvalue weighted by Crippen LogP contribution is -2.50. The van der Waals surface area contributed by atoms with E-state index in [0.29, 0.717) is 0 Å². The van der Waals surface area contributed by atoms with Crippen molar-refractivity contribution >= 4 is 24.3 Å². The van der Waals surface area contributed by atoms with Gasteiger partial charge in [0.2, 0.25) is 5.91 Å². The number of primary amides is 1. The van der Waals surface area contributed by atoms with Gasteiger partial charge in [-0.1, -0.05) is 38.1 Å². The van der Waals surface area contributed by atoms with Crippen LogP contribution in [-0.2, 0) is 27.2 Å². The summed E-state index contributed by atoms with van der Waals surface area (Å²) in [5.41, 5.74) is 7.97. The van der Waals surface area contributed by atoms with Crippen molar-refractivity contribution in [2.24, 2.45) is 11.7 Å². The molecular formula is C16H23ClN2O3. The van der Waals surface area contributed by atoms with E-state index in [1.165, 1.54) is 11.1 Å². The number of benzene rings is 1. The molecule has 0 aliphatic heterocycles. The van der Waals surface area contributed by atoms with Crippen molar-refractivity contribution in [1.82, 2.24) is 5.32 Å². The third-order valence-corrected chi connectivity index (χ3v) is 3.70. The first-order valence-electron chi connectivity index (χ1n) is 7.26. The Labute approximate surface area is 137 Å². The lowest BCUT2D eigenvalue weighted by Gasteiger charge is -2.20. The average Bonchev–Trinajstić information content (AvgIpc) is 2.84. The van der Waals surface area contributed by atoms with Crippen LogP contribution in [0.15, 0.2) is 24.3 Å². The van der Waals surface area contributed by atoms with Crippen molar-refractivity contribution in [3.8, 4) is 0 Å². The van der Waals surface area contributed by atoms with Gasteiger partial charge in [-0.05, 0) is 24.0 Å². The van der Waals surface area contributed by atoms with E-state index in [9.17, 15) is 9.59 Å². The number of carbonyl (C=O) groups excluding carboxylic acids is 2. The van der Waals surface area contributed by atoms with Crippen molar-refractivity contribution < 1.29 is 14.3 Å². The number of hydrogen-bond donors (Lipinski definition) is 2. The van der Waals surface area contributed by atoms with Crippen LogP contribution < -0.4 is 11.1 Å². The molecule has 0 spiro atoms. The van der Waals surface area contributed by atoms with Gasteiger partial charge in [0.05, 0.1) is 5.92 Å². The summed E-state index contributed by atoms with van der Waals surface area (Å²) < 4.78 is 5.11. The number of nitrogens with one attached hydrogen (secondary N) is 1. The number of fused-ring (bicyclic) bond motifs is 1. The summed E-state index contributed by atoms with van der Waals surface area (Å²) in [6, 6.07) is 7.71. The minimum absolute atomic E-state index is 0. The Morgan fingerprint density at radius 2 is 1.82 bits per heavy atom. The van der Waals surface area contributed by atoms with Crippen LogP contribution in [0.25, 0.3) is 0 Å². The smallest absolute Gasteiger partial charge is 0.308 e. The van der Waals surface area contributed by atoms with Gasteiger partial charge in [0, 0.05) is 6.04 Å². The number of halogens is 1. The fourth-order valence-corrected chi connectivity index (χ4v) is 2.51. The van der Waals surface area contributed by atoms with E-state index in [2.05, 4.69) is 17.4 Å². The van der Waals surface area contributed by atoms with Crippen LogP contribution in [0.3, 0.4) is 0 Å². The summed E-state index contributed by atoms with van der Waals surface area (Å²) in [5, 5.41) is 3.20. The summed E-state index contributed by atoms with van der Waals surface area (Å²) >= 11 is 0. The van der Waals surface area contributed by atoms with Crippen molar-refractivity contribution in [3.05, 3.63) is 35.4 Å². The molecular weight excluding hydrogens is 304 g/mol. The predicted octanol–water partition coefficient (Wildman–Crippen LogP) is 1.22. The fourth-order valence-electron chi connectivity index (χ4n) is 2.51. The third kappa shape index (κ3) is 4.71. The molecule has 1 unspecified atom stereocenters. The van der Waals surface area contributed by atoms with Gasteiger partial charge < -0.3 is 10.5 Å². The zero-order valence-corrected chi connectivity index (χ0v) is 13.7. The van der Waals surface area contributed by atoms with E-state index in [1.807, 2.05) is 12.1 Å². The molecule has 0 radical (unpaired) electrons. The lowest BCUT2D eigenvalue weighted by molar-refractivity contribution is -0.148. The Morgan fingerprint density at radius 1 is 1.27 bits per heavy atom. The second-order valence-corrected chi connectivity index (χ2v) is 5.78. The average molecular weight is 327 g/mol. The van der Waals surface area contributed by atoms with Crippen molar-refractivity contribution in [2.45, 2.75) is 38.8 Å². The van der Waals surface area contributed by atoms with Crippen molar-refractivity contribution in [2.75, 3.05) is 6.61 Å². The van der Waals surface area contributed by atoms with Gasteiger partial charge in [-0.25, -0.2) is 0 Å². The van der Waals surface area contributed by atoms with Gasteiger partial charge >= 0.3 is 5.97 Å². The highest BCUT2D eigenvalue weighted by molar-refractivity contribution is 5.85.